The van der Waals surface area contributed by atoms with E-state index in [9.17, 15) is 14.4 Å². The van der Waals surface area contributed by atoms with Gasteiger partial charge in [-0.05, 0) is 69.3 Å². The quantitative estimate of drug-likeness (QED) is 0.597. The average molecular weight is 489 g/mol. The Hall–Kier alpha value is -3.06. The molecule has 5 rings (SSSR count). The van der Waals surface area contributed by atoms with E-state index in [0.29, 0.717) is 12.1 Å². The summed E-state index contributed by atoms with van der Waals surface area (Å²) in [6.45, 7) is 3.01. The van der Waals surface area contributed by atoms with Crippen LogP contribution in [0.2, 0.25) is 0 Å². The van der Waals surface area contributed by atoms with Gasteiger partial charge in [0.25, 0.3) is 5.91 Å². The first-order valence-corrected chi connectivity index (χ1v) is 13.4. The van der Waals surface area contributed by atoms with Crippen LogP contribution in [0.25, 0.3) is 0 Å². The molecule has 1 aromatic heterocycles. The molecule has 2 aromatic rings. The summed E-state index contributed by atoms with van der Waals surface area (Å²) in [6.07, 6.45) is 10.6. The van der Waals surface area contributed by atoms with E-state index in [4.69, 9.17) is 0 Å². The first kappa shape index (κ1) is 24.6. The van der Waals surface area contributed by atoms with Gasteiger partial charge in [-0.1, -0.05) is 43.2 Å². The molecule has 3 fully saturated rings. The molecule has 3 amide bonds. The molecule has 0 unspecified atom stereocenters. The van der Waals surface area contributed by atoms with Crippen molar-refractivity contribution in [1.82, 2.24) is 20.1 Å². The number of amides is 3. The largest absolute Gasteiger partial charge is 0.349 e. The molecule has 3 aliphatic rings. The first-order chi connectivity index (χ1) is 17.6. The normalized spacial score (nSPS) is 21.1. The molecule has 2 aliphatic heterocycles. The van der Waals surface area contributed by atoms with Gasteiger partial charge in [-0.15, -0.1) is 0 Å². The molecule has 0 bridgehead atoms. The number of piperidine rings is 1. The Balaban J connectivity index is 1.17. The van der Waals surface area contributed by atoms with E-state index in [1.54, 1.807) is 18.3 Å². The minimum atomic E-state index is -0.427. The minimum absolute atomic E-state index is 0.00380. The summed E-state index contributed by atoms with van der Waals surface area (Å²) in [5.41, 5.74) is 1.18. The molecule has 0 radical (unpaired) electrons. The van der Waals surface area contributed by atoms with Gasteiger partial charge in [0, 0.05) is 31.4 Å². The maximum absolute atomic E-state index is 13.3. The maximum Gasteiger partial charge on any atom is 0.262 e. The van der Waals surface area contributed by atoms with Crippen molar-refractivity contribution in [3.63, 3.8) is 0 Å². The molecular formula is C29H36N4O3. The molecule has 1 atom stereocenters. The number of carbonyl (C=O) groups is 3. The van der Waals surface area contributed by atoms with Gasteiger partial charge < -0.3 is 10.2 Å². The Kier molecular flexibility index (Phi) is 7.46. The molecule has 1 spiro atoms. The summed E-state index contributed by atoms with van der Waals surface area (Å²) < 4.78 is 0. The fourth-order valence-corrected chi connectivity index (χ4v) is 6.12. The second kappa shape index (κ2) is 10.9. The fraction of sp³-hybridized carbons (Fsp3) is 0.517. The van der Waals surface area contributed by atoms with Crippen LogP contribution in [0.1, 0.15) is 73.3 Å². The van der Waals surface area contributed by atoms with E-state index in [2.05, 4.69) is 27.3 Å². The number of benzene rings is 1. The van der Waals surface area contributed by atoms with Crippen molar-refractivity contribution < 1.29 is 14.4 Å². The van der Waals surface area contributed by atoms with Crippen molar-refractivity contribution in [2.75, 3.05) is 26.2 Å². The number of aromatic nitrogens is 1. The fourth-order valence-electron chi connectivity index (χ4n) is 6.12. The van der Waals surface area contributed by atoms with Crippen molar-refractivity contribution in [3.8, 4) is 0 Å². The molecule has 7 nitrogen and oxygen atoms in total. The Morgan fingerprint density at radius 1 is 1.00 bits per heavy atom. The van der Waals surface area contributed by atoms with E-state index in [1.807, 2.05) is 18.2 Å². The van der Waals surface area contributed by atoms with Gasteiger partial charge >= 0.3 is 0 Å². The highest BCUT2D eigenvalue weighted by atomic mass is 16.2. The highest BCUT2D eigenvalue weighted by molar-refractivity contribution is 6.07. The van der Waals surface area contributed by atoms with Crippen molar-refractivity contribution in [3.05, 3.63) is 66.0 Å². The van der Waals surface area contributed by atoms with Crippen molar-refractivity contribution in [2.24, 2.45) is 11.3 Å². The number of hydrogen-bond donors (Lipinski definition) is 1. The van der Waals surface area contributed by atoms with E-state index >= 15 is 0 Å². The number of likely N-dealkylation sites (tertiary alicyclic amines) is 2. The van der Waals surface area contributed by atoms with Crippen LogP contribution in [0.3, 0.4) is 0 Å². The standard InChI is InChI=1S/C29H36N4O3/c34-26(23-9-4-5-10-23)31-25(22-7-2-1-3-8-22)12-17-32-18-13-29(14-19-32)15-20-33(28(29)36)27(35)24-11-6-16-30-21-24/h1-3,6-8,11,16,21,23,25H,4-5,9-10,12-15,17-20H2,(H,31,34)/t25-/m0/s1. The zero-order chi connectivity index (χ0) is 25.0. The maximum atomic E-state index is 13.3. The molecule has 36 heavy (non-hydrogen) atoms. The Morgan fingerprint density at radius 3 is 2.42 bits per heavy atom. The van der Waals surface area contributed by atoms with Crippen molar-refractivity contribution in [2.45, 2.75) is 57.4 Å². The third-order valence-corrected chi connectivity index (χ3v) is 8.46. The topological polar surface area (TPSA) is 82.6 Å². The number of nitrogens with one attached hydrogen (secondary N) is 1. The molecule has 7 heteroatoms. The second-order valence-corrected chi connectivity index (χ2v) is 10.6. The molecule has 1 aromatic carbocycles. The lowest BCUT2D eigenvalue weighted by molar-refractivity contribution is -0.136. The molecule has 190 valence electrons. The number of hydrogen-bond acceptors (Lipinski definition) is 5. The predicted molar refractivity (Wildman–Crippen MR) is 137 cm³/mol. The Bertz CT molecular complexity index is 1060. The van der Waals surface area contributed by atoms with Crippen LogP contribution in [0.4, 0.5) is 0 Å². The average Bonchev–Trinajstić information content (AvgIpc) is 3.57. The Morgan fingerprint density at radius 2 is 1.72 bits per heavy atom. The highest BCUT2D eigenvalue weighted by Crippen LogP contribution is 2.42. The van der Waals surface area contributed by atoms with Gasteiger partial charge in [-0.2, -0.15) is 0 Å². The number of imide groups is 1. The van der Waals surface area contributed by atoms with E-state index < -0.39 is 5.41 Å². The van der Waals surface area contributed by atoms with Crippen LogP contribution in [-0.2, 0) is 9.59 Å². The monoisotopic (exact) mass is 488 g/mol. The van der Waals surface area contributed by atoms with E-state index in [-0.39, 0.29) is 29.7 Å². The summed E-state index contributed by atoms with van der Waals surface area (Å²) in [4.78, 5) is 46.9. The number of rotatable bonds is 7. The minimum Gasteiger partial charge on any atom is -0.349 e. The van der Waals surface area contributed by atoms with Gasteiger partial charge in [-0.3, -0.25) is 24.3 Å². The van der Waals surface area contributed by atoms with E-state index in [1.165, 1.54) is 11.1 Å². The van der Waals surface area contributed by atoms with Gasteiger partial charge in [0.2, 0.25) is 11.8 Å². The predicted octanol–water partition coefficient (Wildman–Crippen LogP) is 3.97. The van der Waals surface area contributed by atoms with Crippen molar-refractivity contribution in [1.29, 1.82) is 0 Å². The van der Waals surface area contributed by atoms with E-state index in [0.717, 1.165) is 76.6 Å². The molecule has 2 saturated heterocycles. The zero-order valence-corrected chi connectivity index (χ0v) is 20.9. The van der Waals surface area contributed by atoms with Crippen LogP contribution in [0.15, 0.2) is 54.9 Å². The third kappa shape index (κ3) is 5.21. The summed E-state index contributed by atoms with van der Waals surface area (Å²) in [5.74, 6) is 0.0729. The summed E-state index contributed by atoms with van der Waals surface area (Å²) >= 11 is 0. The SMILES string of the molecule is O=C(N[C@@H](CCN1CCC2(CC1)CCN(C(=O)c1cccnc1)C2=O)c1ccccc1)C1CCCC1. The zero-order valence-electron chi connectivity index (χ0n) is 20.9. The number of nitrogens with zero attached hydrogens (tertiary/aromatic N) is 3. The molecule has 3 heterocycles. The number of pyridine rings is 1. The highest BCUT2D eigenvalue weighted by Gasteiger charge is 2.50. The Labute approximate surface area is 213 Å². The van der Waals surface area contributed by atoms with Gasteiger partial charge in [-0.25, -0.2) is 0 Å². The summed E-state index contributed by atoms with van der Waals surface area (Å²) in [5, 5.41) is 3.34. The van der Waals surface area contributed by atoms with Crippen LogP contribution >= 0.6 is 0 Å². The van der Waals surface area contributed by atoms with Crippen LogP contribution in [0, 0.1) is 11.3 Å². The van der Waals surface area contributed by atoms with Gasteiger partial charge in [0.15, 0.2) is 0 Å². The molecular weight excluding hydrogens is 452 g/mol. The molecule has 1 aliphatic carbocycles. The van der Waals surface area contributed by atoms with Gasteiger partial charge in [0.05, 0.1) is 17.0 Å². The lowest BCUT2D eigenvalue weighted by Gasteiger charge is -2.38. The van der Waals surface area contributed by atoms with Gasteiger partial charge in [0.1, 0.15) is 0 Å². The molecule has 1 N–H and O–H groups in total. The number of carbonyl (C=O) groups excluding carboxylic acids is 3. The van der Waals surface area contributed by atoms with Crippen LogP contribution < -0.4 is 5.32 Å². The van der Waals surface area contributed by atoms with Crippen LogP contribution in [0.5, 0.6) is 0 Å². The summed E-state index contributed by atoms with van der Waals surface area (Å²) in [6, 6.07) is 13.7. The first-order valence-electron chi connectivity index (χ1n) is 13.4. The van der Waals surface area contributed by atoms with Crippen LogP contribution in [-0.4, -0.2) is 58.7 Å². The lowest BCUT2D eigenvalue weighted by Crippen LogP contribution is -2.46. The lowest BCUT2D eigenvalue weighted by atomic mass is 9.77. The third-order valence-electron chi connectivity index (χ3n) is 8.46. The van der Waals surface area contributed by atoms with Crippen molar-refractivity contribution >= 4 is 17.7 Å². The summed E-state index contributed by atoms with van der Waals surface area (Å²) in [7, 11) is 0. The second-order valence-electron chi connectivity index (χ2n) is 10.6. The smallest absolute Gasteiger partial charge is 0.262 e. The molecule has 1 saturated carbocycles.